The molecule has 1 aliphatic heterocycles. The molecule has 0 atom stereocenters. The first-order chi connectivity index (χ1) is 21.4. The minimum atomic E-state index is -0.872. The van der Waals surface area contributed by atoms with E-state index in [9.17, 15) is 19.1 Å². The minimum Gasteiger partial charge on any atom is -0.481 e. The van der Waals surface area contributed by atoms with Crippen molar-refractivity contribution in [1.29, 1.82) is 0 Å². The summed E-state index contributed by atoms with van der Waals surface area (Å²) in [5.74, 6) is -1.27. The topological polar surface area (TPSA) is 73.7 Å². The predicted octanol–water partition coefficient (Wildman–Crippen LogP) is 7.91. The SMILES string of the molecule is Cc1ccccc1C(=O)N(Cc1ccc(F)cc1)Cc1ccc(-c2c(C)nc(C)c(CC(=O)O)c2N2CCC(C)(C)CC2)cc1. The number of hydrogen-bond donors (Lipinski definition) is 1. The highest BCUT2D eigenvalue weighted by atomic mass is 19.1. The normalized spacial score (nSPS) is 14.3. The van der Waals surface area contributed by atoms with Gasteiger partial charge in [-0.1, -0.05) is 68.4 Å². The summed E-state index contributed by atoms with van der Waals surface area (Å²) in [6.45, 7) is 12.8. The number of aliphatic carboxylic acids is 1. The van der Waals surface area contributed by atoms with Crippen LogP contribution in [0.1, 0.15) is 70.7 Å². The van der Waals surface area contributed by atoms with Gasteiger partial charge in [0.05, 0.1) is 12.1 Å². The van der Waals surface area contributed by atoms with Crippen LogP contribution in [0.15, 0.2) is 72.8 Å². The van der Waals surface area contributed by atoms with E-state index in [2.05, 4.69) is 18.7 Å². The van der Waals surface area contributed by atoms with E-state index in [4.69, 9.17) is 4.98 Å². The zero-order valence-electron chi connectivity index (χ0n) is 26.9. The lowest BCUT2D eigenvalue weighted by Crippen LogP contribution is -2.38. The van der Waals surface area contributed by atoms with Crippen molar-refractivity contribution >= 4 is 17.6 Å². The second-order valence-electron chi connectivity index (χ2n) is 13.0. The molecule has 0 saturated carbocycles. The Hall–Kier alpha value is -4.52. The summed E-state index contributed by atoms with van der Waals surface area (Å²) in [6, 6.07) is 21.9. The van der Waals surface area contributed by atoms with Crippen LogP contribution in [0.5, 0.6) is 0 Å². The van der Waals surface area contributed by atoms with Gasteiger partial charge in [0.15, 0.2) is 0 Å². The standard InChI is InChI=1S/C38H42FN3O3/c1-25-8-6-7-9-32(25)37(45)42(24-29-12-16-31(39)17-13-29)23-28-10-14-30(15-11-28)35-27(3)40-26(2)33(22-34(43)44)36(35)41-20-18-38(4,5)19-21-41/h6-17H,18-24H2,1-5H3,(H,43,44). The van der Waals surface area contributed by atoms with Gasteiger partial charge in [-0.15, -0.1) is 0 Å². The molecular formula is C38H42FN3O3. The Kier molecular flexibility index (Phi) is 9.37. The van der Waals surface area contributed by atoms with Gasteiger partial charge in [0, 0.05) is 54.3 Å². The maximum Gasteiger partial charge on any atom is 0.307 e. The number of carboxylic acid groups (broad SMARTS) is 1. The van der Waals surface area contributed by atoms with Crippen LogP contribution in [0.2, 0.25) is 0 Å². The first-order valence-electron chi connectivity index (χ1n) is 15.6. The maximum atomic E-state index is 13.8. The molecule has 3 aromatic carbocycles. The third kappa shape index (κ3) is 7.42. The van der Waals surface area contributed by atoms with Gasteiger partial charge in [-0.3, -0.25) is 14.6 Å². The van der Waals surface area contributed by atoms with Gasteiger partial charge < -0.3 is 14.9 Å². The molecule has 5 rings (SSSR count). The van der Waals surface area contributed by atoms with Crippen LogP contribution >= 0.6 is 0 Å². The molecule has 2 heterocycles. The van der Waals surface area contributed by atoms with Crippen molar-refractivity contribution in [3.05, 3.63) is 118 Å². The fourth-order valence-corrected chi connectivity index (χ4v) is 6.25. The second kappa shape index (κ2) is 13.2. The summed E-state index contributed by atoms with van der Waals surface area (Å²) in [5, 5.41) is 9.81. The van der Waals surface area contributed by atoms with E-state index in [-0.39, 0.29) is 23.6 Å². The van der Waals surface area contributed by atoms with Crippen LogP contribution in [-0.2, 0) is 24.3 Å². The molecule has 0 radical (unpaired) electrons. The highest BCUT2D eigenvalue weighted by Gasteiger charge is 2.30. The molecule has 45 heavy (non-hydrogen) atoms. The van der Waals surface area contributed by atoms with Crippen molar-refractivity contribution < 1.29 is 19.1 Å². The number of aromatic nitrogens is 1. The van der Waals surface area contributed by atoms with Crippen LogP contribution in [0.3, 0.4) is 0 Å². The Morgan fingerprint density at radius 2 is 1.44 bits per heavy atom. The molecule has 234 valence electrons. The lowest BCUT2D eigenvalue weighted by molar-refractivity contribution is -0.136. The molecular weight excluding hydrogens is 565 g/mol. The van der Waals surface area contributed by atoms with Crippen LogP contribution in [-0.4, -0.2) is 40.0 Å². The molecule has 4 aromatic rings. The molecule has 1 aromatic heterocycles. The molecule has 1 aliphatic rings. The van der Waals surface area contributed by atoms with Crippen LogP contribution < -0.4 is 4.90 Å². The molecule has 1 fully saturated rings. The quantitative estimate of drug-likeness (QED) is 0.209. The number of nitrogens with zero attached hydrogens (tertiary/aromatic N) is 3. The van der Waals surface area contributed by atoms with E-state index < -0.39 is 5.97 Å². The number of amides is 1. The Bertz CT molecular complexity index is 1690. The number of carbonyl (C=O) groups is 2. The molecule has 1 amide bonds. The second-order valence-corrected chi connectivity index (χ2v) is 13.0. The number of benzene rings is 3. The van der Waals surface area contributed by atoms with Gasteiger partial charge in [0.1, 0.15) is 5.82 Å². The van der Waals surface area contributed by atoms with Crippen LogP contribution in [0.4, 0.5) is 10.1 Å². The molecule has 0 bridgehead atoms. The summed E-state index contributed by atoms with van der Waals surface area (Å²) in [7, 11) is 0. The zero-order chi connectivity index (χ0) is 32.3. The number of hydrogen-bond acceptors (Lipinski definition) is 4. The Labute approximate surface area is 265 Å². The fourth-order valence-electron chi connectivity index (χ4n) is 6.25. The van der Waals surface area contributed by atoms with Crippen molar-refractivity contribution in [2.45, 2.75) is 67.0 Å². The highest BCUT2D eigenvalue weighted by Crippen LogP contribution is 2.41. The number of carbonyl (C=O) groups excluding carboxylic acids is 1. The van der Waals surface area contributed by atoms with Gasteiger partial charge in [0.25, 0.3) is 5.91 Å². The highest BCUT2D eigenvalue weighted by molar-refractivity contribution is 5.95. The summed E-state index contributed by atoms with van der Waals surface area (Å²) in [6.07, 6.45) is 1.97. The number of halogens is 1. The maximum absolute atomic E-state index is 13.8. The van der Waals surface area contributed by atoms with Crippen molar-refractivity contribution in [3.63, 3.8) is 0 Å². The van der Waals surface area contributed by atoms with Crippen LogP contribution in [0, 0.1) is 32.0 Å². The number of pyridine rings is 1. The fraction of sp³-hybridized carbons (Fsp3) is 0.342. The largest absolute Gasteiger partial charge is 0.481 e. The first kappa shape index (κ1) is 31.9. The number of anilines is 1. The summed E-state index contributed by atoms with van der Waals surface area (Å²) >= 11 is 0. The van der Waals surface area contributed by atoms with E-state index >= 15 is 0 Å². The van der Waals surface area contributed by atoms with E-state index in [1.54, 1.807) is 17.0 Å². The summed E-state index contributed by atoms with van der Waals surface area (Å²) < 4.78 is 13.6. The number of aryl methyl sites for hydroxylation is 3. The molecule has 0 spiro atoms. The monoisotopic (exact) mass is 607 g/mol. The molecule has 1 N–H and O–H groups in total. The number of rotatable bonds is 9. The average molecular weight is 608 g/mol. The Morgan fingerprint density at radius 3 is 2.02 bits per heavy atom. The predicted molar refractivity (Wildman–Crippen MR) is 177 cm³/mol. The smallest absolute Gasteiger partial charge is 0.307 e. The Balaban J connectivity index is 1.50. The lowest BCUT2D eigenvalue weighted by Gasteiger charge is -2.40. The van der Waals surface area contributed by atoms with Gasteiger partial charge in [-0.2, -0.15) is 0 Å². The van der Waals surface area contributed by atoms with E-state index in [0.29, 0.717) is 18.7 Å². The molecule has 7 heteroatoms. The van der Waals surface area contributed by atoms with Crippen molar-refractivity contribution in [1.82, 2.24) is 9.88 Å². The first-order valence-corrected chi connectivity index (χ1v) is 15.6. The summed E-state index contributed by atoms with van der Waals surface area (Å²) in [4.78, 5) is 34.7. The van der Waals surface area contributed by atoms with Gasteiger partial charge in [-0.25, -0.2) is 4.39 Å². The number of carboxylic acids is 1. The average Bonchev–Trinajstić information content (AvgIpc) is 2.99. The molecule has 1 saturated heterocycles. The van der Waals surface area contributed by atoms with Crippen molar-refractivity contribution in [2.24, 2.45) is 5.41 Å². The molecule has 6 nitrogen and oxygen atoms in total. The van der Waals surface area contributed by atoms with Crippen molar-refractivity contribution in [3.8, 4) is 11.1 Å². The molecule has 0 aliphatic carbocycles. The third-order valence-electron chi connectivity index (χ3n) is 8.98. The lowest BCUT2D eigenvalue weighted by atomic mass is 9.82. The Morgan fingerprint density at radius 1 is 0.867 bits per heavy atom. The van der Waals surface area contributed by atoms with E-state index in [1.165, 1.54) is 12.1 Å². The van der Waals surface area contributed by atoms with E-state index in [1.807, 2.05) is 69.3 Å². The minimum absolute atomic E-state index is 0.0845. The van der Waals surface area contributed by atoms with Gasteiger partial charge in [-0.05, 0) is 79.5 Å². The zero-order valence-corrected chi connectivity index (χ0v) is 26.9. The molecule has 0 unspecified atom stereocenters. The van der Waals surface area contributed by atoms with Gasteiger partial charge >= 0.3 is 5.97 Å². The van der Waals surface area contributed by atoms with Crippen molar-refractivity contribution in [2.75, 3.05) is 18.0 Å². The number of piperidine rings is 1. The van der Waals surface area contributed by atoms with Crippen LogP contribution in [0.25, 0.3) is 11.1 Å². The summed E-state index contributed by atoms with van der Waals surface area (Å²) in [5.41, 5.74) is 8.85. The van der Waals surface area contributed by atoms with Gasteiger partial charge in [0.2, 0.25) is 0 Å². The van der Waals surface area contributed by atoms with E-state index in [0.717, 1.165) is 76.4 Å². The third-order valence-corrected chi connectivity index (χ3v) is 8.98.